The number of rotatable bonds is 12. The second-order valence-corrected chi connectivity index (χ2v) is 10.6. The van der Waals surface area contributed by atoms with E-state index < -0.39 is 6.04 Å². The largest absolute Gasteiger partial charge is 0.352 e. The first-order valence-corrected chi connectivity index (χ1v) is 13.9. The Morgan fingerprint density at radius 1 is 0.946 bits per heavy atom. The molecule has 2 amide bonds. The van der Waals surface area contributed by atoms with Gasteiger partial charge >= 0.3 is 0 Å². The summed E-state index contributed by atoms with van der Waals surface area (Å²) < 4.78 is 14.7. The first-order valence-electron chi connectivity index (χ1n) is 12.8. The molecule has 0 saturated heterocycles. The lowest BCUT2D eigenvalue weighted by molar-refractivity contribution is -0.139. The summed E-state index contributed by atoms with van der Waals surface area (Å²) in [5, 5.41) is 3.05. The Bertz CT molecular complexity index is 1160. The van der Waals surface area contributed by atoms with E-state index in [-0.39, 0.29) is 36.0 Å². The first-order chi connectivity index (χ1) is 17.8. The molecule has 0 aliphatic heterocycles. The van der Waals surface area contributed by atoms with Gasteiger partial charge in [-0.05, 0) is 44.4 Å². The molecule has 6 heteroatoms. The van der Waals surface area contributed by atoms with Crippen molar-refractivity contribution < 1.29 is 14.0 Å². The molecule has 0 bridgehead atoms. The number of thioether (sulfide) groups is 1. The Labute approximate surface area is 224 Å². The third-order valence-electron chi connectivity index (χ3n) is 6.35. The van der Waals surface area contributed by atoms with Crippen molar-refractivity contribution in [2.45, 2.75) is 64.9 Å². The predicted molar refractivity (Wildman–Crippen MR) is 151 cm³/mol. The van der Waals surface area contributed by atoms with Crippen LogP contribution in [0.15, 0.2) is 72.8 Å². The second kappa shape index (κ2) is 14.0. The van der Waals surface area contributed by atoms with Crippen LogP contribution >= 0.6 is 11.8 Å². The van der Waals surface area contributed by atoms with Gasteiger partial charge in [0, 0.05) is 30.3 Å². The van der Waals surface area contributed by atoms with Crippen molar-refractivity contribution in [3.63, 3.8) is 0 Å². The smallest absolute Gasteiger partial charge is 0.243 e. The number of hydrogen-bond acceptors (Lipinski definition) is 3. The van der Waals surface area contributed by atoms with Crippen LogP contribution in [0.4, 0.5) is 4.39 Å². The minimum atomic E-state index is -0.759. The maximum atomic E-state index is 14.7. The number of hydrogen-bond donors (Lipinski definition) is 1. The van der Waals surface area contributed by atoms with E-state index in [1.807, 2.05) is 44.2 Å². The van der Waals surface area contributed by atoms with Crippen LogP contribution in [0, 0.1) is 19.7 Å². The monoisotopic (exact) mass is 520 g/mol. The summed E-state index contributed by atoms with van der Waals surface area (Å²) in [6.07, 6.45) is 1.13. The number of benzene rings is 3. The normalized spacial score (nSPS) is 12.6. The van der Waals surface area contributed by atoms with Crippen LogP contribution in [0.5, 0.6) is 0 Å². The first kappa shape index (κ1) is 28.5. The zero-order valence-electron chi connectivity index (χ0n) is 22.2. The molecule has 2 unspecified atom stereocenters. The number of halogens is 1. The van der Waals surface area contributed by atoms with Crippen molar-refractivity contribution in [3.8, 4) is 0 Å². The summed E-state index contributed by atoms with van der Waals surface area (Å²) in [4.78, 5) is 28.7. The van der Waals surface area contributed by atoms with Crippen LogP contribution in [-0.4, -0.2) is 34.6 Å². The highest BCUT2D eigenvalue weighted by molar-refractivity contribution is 7.99. The van der Waals surface area contributed by atoms with E-state index in [0.29, 0.717) is 17.7 Å². The average molecular weight is 521 g/mol. The van der Waals surface area contributed by atoms with Gasteiger partial charge in [0.25, 0.3) is 0 Å². The molecule has 0 heterocycles. The van der Waals surface area contributed by atoms with Crippen molar-refractivity contribution in [2.75, 3.05) is 5.75 Å². The van der Waals surface area contributed by atoms with Gasteiger partial charge in [-0.25, -0.2) is 4.39 Å². The summed E-state index contributed by atoms with van der Waals surface area (Å²) in [5.74, 6) is 0.0946. The van der Waals surface area contributed by atoms with Crippen LogP contribution in [0.2, 0.25) is 0 Å². The minimum Gasteiger partial charge on any atom is -0.352 e. The van der Waals surface area contributed by atoms with Gasteiger partial charge in [0.2, 0.25) is 11.8 Å². The molecule has 0 aliphatic carbocycles. The van der Waals surface area contributed by atoms with Crippen LogP contribution in [-0.2, 0) is 28.3 Å². The van der Waals surface area contributed by atoms with Crippen LogP contribution in [0.25, 0.3) is 0 Å². The lowest BCUT2D eigenvalue weighted by atomic mass is 10.0. The van der Waals surface area contributed by atoms with Gasteiger partial charge in [0.05, 0.1) is 5.75 Å². The van der Waals surface area contributed by atoms with E-state index in [0.717, 1.165) is 17.5 Å². The lowest BCUT2D eigenvalue weighted by Crippen LogP contribution is -2.52. The summed E-state index contributed by atoms with van der Waals surface area (Å²) in [6.45, 7) is 8.10. The average Bonchev–Trinajstić information content (AvgIpc) is 2.87. The number of amides is 2. The van der Waals surface area contributed by atoms with Gasteiger partial charge in [0.1, 0.15) is 11.9 Å². The fourth-order valence-corrected chi connectivity index (χ4v) is 5.14. The molecule has 37 heavy (non-hydrogen) atoms. The Kier molecular flexibility index (Phi) is 10.8. The minimum absolute atomic E-state index is 0.0288. The molecule has 0 spiro atoms. The van der Waals surface area contributed by atoms with Gasteiger partial charge in [0.15, 0.2) is 0 Å². The molecule has 1 N–H and O–H groups in total. The maximum absolute atomic E-state index is 14.7. The van der Waals surface area contributed by atoms with Crippen molar-refractivity contribution in [2.24, 2.45) is 0 Å². The highest BCUT2D eigenvalue weighted by atomic mass is 32.2. The topological polar surface area (TPSA) is 49.4 Å². The highest BCUT2D eigenvalue weighted by Crippen LogP contribution is 2.21. The van der Waals surface area contributed by atoms with Crippen molar-refractivity contribution in [1.29, 1.82) is 0 Å². The van der Waals surface area contributed by atoms with Crippen LogP contribution < -0.4 is 5.32 Å². The summed E-state index contributed by atoms with van der Waals surface area (Å²) in [7, 11) is 0. The third kappa shape index (κ3) is 8.74. The van der Waals surface area contributed by atoms with Gasteiger partial charge in [-0.15, -0.1) is 11.8 Å². The summed E-state index contributed by atoms with van der Waals surface area (Å²) in [6, 6.07) is 21.7. The summed E-state index contributed by atoms with van der Waals surface area (Å²) in [5.41, 5.74) is 4.87. The number of aryl methyl sites for hydroxylation is 2. The molecule has 3 rings (SSSR count). The SMILES string of the molecule is CCC(C)NC(=O)C(Cc1ccccc1)N(Cc1ccccc1F)C(=O)CSCc1cc(C)cc(C)c1. The molecular weight excluding hydrogens is 483 g/mol. The Balaban J connectivity index is 1.87. The highest BCUT2D eigenvalue weighted by Gasteiger charge is 2.31. The van der Waals surface area contributed by atoms with E-state index in [2.05, 4.69) is 37.4 Å². The zero-order chi connectivity index (χ0) is 26.8. The van der Waals surface area contributed by atoms with Crippen molar-refractivity contribution in [3.05, 3.63) is 106 Å². The Hall–Kier alpha value is -3.12. The van der Waals surface area contributed by atoms with Crippen LogP contribution in [0.1, 0.15) is 48.1 Å². The Morgan fingerprint density at radius 3 is 2.24 bits per heavy atom. The second-order valence-electron chi connectivity index (χ2n) is 9.63. The van der Waals surface area contributed by atoms with E-state index >= 15 is 0 Å². The molecule has 0 fully saturated rings. The standard InChI is InChI=1S/C31H37FN2O2S/c1-5-24(4)33-31(36)29(18-25-11-7-6-8-12-25)34(19-27-13-9-10-14-28(27)32)30(35)21-37-20-26-16-22(2)15-23(3)17-26/h6-17,24,29H,5,18-21H2,1-4H3,(H,33,36). The molecular formula is C31H37FN2O2S. The molecule has 3 aromatic carbocycles. The molecule has 0 aliphatic rings. The molecule has 196 valence electrons. The lowest BCUT2D eigenvalue weighted by Gasteiger charge is -2.32. The molecule has 4 nitrogen and oxygen atoms in total. The van der Waals surface area contributed by atoms with Gasteiger partial charge in [-0.2, -0.15) is 0 Å². The maximum Gasteiger partial charge on any atom is 0.243 e. The molecule has 0 aromatic heterocycles. The molecule has 3 aromatic rings. The van der Waals surface area contributed by atoms with E-state index in [4.69, 9.17) is 0 Å². The zero-order valence-corrected chi connectivity index (χ0v) is 23.0. The fraction of sp³-hybridized carbons (Fsp3) is 0.355. The molecule has 0 radical (unpaired) electrons. The molecule has 2 atom stereocenters. The van der Waals surface area contributed by atoms with Gasteiger partial charge in [-0.1, -0.05) is 84.8 Å². The van der Waals surface area contributed by atoms with E-state index in [1.54, 1.807) is 23.1 Å². The van der Waals surface area contributed by atoms with Gasteiger partial charge < -0.3 is 10.2 Å². The number of nitrogens with one attached hydrogen (secondary N) is 1. The summed E-state index contributed by atoms with van der Waals surface area (Å²) >= 11 is 1.51. The van der Waals surface area contributed by atoms with Crippen molar-refractivity contribution >= 4 is 23.6 Å². The van der Waals surface area contributed by atoms with Crippen LogP contribution in [0.3, 0.4) is 0 Å². The number of carbonyl (C=O) groups excluding carboxylic acids is 2. The molecule has 0 saturated carbocycles. The Morgan fingerprint density at radius 2 is 1.59 bits per heavy atom. The van der Waals surface area contributed by atoms with Gasteiger partial charge in [-0.3, -0.25) is 9.59 Å². The third-order valence-corrected chi connectivity index (χ3v) is 7.33. The van der Waals surface area contributed by atoms with E-state index in [9.17, 15) is 14.0 Å². The number of carbonyl (C=O) groups is 2. The fourth-order valence-electron chi connectivity index (χ4n) is 4.30. The number of nitrogens with zero attached hydrogens (tertiary/aromatic N) is 1. The van der Waals surface area contributed by atoms with Crippen molar-refractivity contribution in [1.82, 2.24) is 10.2 Å². The van der Waals surface area contributed by atoms with E-state index in [1.165, 1.54) is 29.0 Å². The predicted octanol–water partition coefficient (Wildman–Crippen LogP) is 6.23. The quantitative estimate of drug-likeness (QED) is 0.308.